The Morgan fingerprint density at radius 3 is 2.19 bits per heavy atom. The lowest BCUT2D eigenvalue weighted by atomic mass is 10.1. The van der Waals surface area contributed by atoms with Crippen molar-refractivity contribution in [1.82, 2.24) is 0 Å². The number of benzene rings is 3. The Labute approximate surface area is 161 Å². The van der Waals surface area contributed by atoms with Crippen molar-refractivity contribution in [1.29, 1.82) is 0 Å². The van der Waals surface area contributed by atoms with Crippen LogP contribution in [0.4, 0.5) is 0 Å². The molecule has 3 rings (SSSR count). The standard InChI is InChI=1S/C18H11Br.C4H6O3/c19-18-11-8-14(9-12-18)5-6-15-7-10-16-3-1-2-4-17(16)13-15;1-7-3-2-4(5)6/h1-4,7-13H;2-3H,1H3,(H,5,6). The third-order valence-corrected chi connectivity index (χ3v) is 3.82. The molecule has 0 unspecified atom stereocenters. The fourth-order valence-electron chi connectivity index (χ4n) is 2.07. The lowest BCUT2D eigenvalue weighted by Crippen LogP contribution is -1.85. The van der Waals surface area contributed by atoms with E-state index in [1.54, 1.807) is 0 Å². The number of fused-ring (bicyclic) bond motifs is 1. The summed E-state index contributed by atoms with van der Waals surface area (Å²) in [7, 11) is 1.39. The van der Waals surface area contributed by atoms with Crippen LogP contribution in [0.15, 0.2) is 83.5 Å². The molecule has 3 aromatic rings. The molecule has 0 saturated heterocycles. The van der Waals surface area contributed by atoms with Crippen molar-refractivity contribution in [3.63, 3.8) is 0 Å². The Kier molecular flexibility index (Phi) is 7.48. The third kappa shape index (κ3) is 6.46. The zero-order chi connectivity index (χ0) is 18.8. The molecule has 0 atom stereocenters. The molecule has 0 aliphatic carbocycles. The van der Waals surface area contributed by atoms with Crippen LogP contribution in [0.2, 0.25) is 0 Å². The summed E-state index contributed by atoms with van der Waals surface area (Å²) in [6.07, 6.45) is 2.02. The van der Waals surface area contributed by atoms with Crippen LogP contribution >= 0.6 is 15.9 Å². The number of ether oxygens (including phenoxy) is 1. The number of carbonyl (C=O) groups is 1. The van der Waals surface area contributed by atoms with Gasteiger partial charge in [-0.15, -0.1) is 0 Å². The van der Waals surface area contributed by atoms with Crippen LogP contribution in [0.5, 0.6) is 0 Å². The van der Waals surface area contributed by atoms with Crippen LogP contribution in [0.25, 0.3) is 10.8 Å². The number of hydrogen-bond donors (Lipinski definition) is 1. The van der Waals surface area contributed by atoms with E-state index >= 15 is 0 Å². The maximum atomic E-state index is 9.59. The summed E-state index contributed by atoms with van der Waals surface area (Å²) in [6.45, 7) is 0. The number of carboxylic acid groups (broad SMARTS) is 1. The molecule has 0 aromatic heterocycles. The van der Waals surface area contributed by atoms with Gasteiger partial charge in [-0.2, -0.15) is 0 Å². The zero-order valence-corrected chi connectivity index (χ0v) is 15.7. The number of aliphatic carboxylic acids is 1. The van der Waals surface area contributed by atoms with Crippen molar-refractivity contribution in [2.75, 3.05) is 7.11 Å². The predicted molar refractivity (Wildman–Crippen MR) is 108 cm³/mol. The van der Waals surface area contributed by atoms with E-state index in [0.29, 0.717) is 0 Å². The number of halogens is 1. The molecule has 0 radical (unpaired) electrons. The maximum Gasteiger partial charge on any atom is 0.331 e. The van der Waals surface area contributed by atoms with E-state index < -0.39 is 5.97 Å². The second kappa shape index (κ2) is 10.1. The highest BCUT2D eigenvalue weighted by Crippen LogP contribution is 2.15. The molecule has 3 nitrogen and oxygen atoms in total. The molecular formula is C22H17BrO3. The van der Waals surface area contributed by atoms with Crippen molar-refractivity contribution in [3.8, 4) is 11.8 Å². The summed E-state index contributed by atoms with van der Waals surface area (Å²) >= 11 is 3.42. The first kappa shape index (κ1) is 19.3. The topological polar surface area (TPSA) is 46.5 Å². The average molecular weight is 409 g/mol. The minimum Gasteiger partial charge on any atom is -0.504 e. The van der Waals surface area contributed by atoms with Crippen LogP contribution in [0.1, 0.15) is 11.1 Å². The third-order valence-electron chi connectivity index (χ3n) is 3.29. The molecule has 0 spiro atoms. The van der Waals surface area contributed by atoms with E-state index in [9.17, 15) is 4.79 Å². The van der Waals surface area contributed by atoms with Gasteiger partial charge in [0.15, 0.2) is 0 Å². The molecule has 0 saturated carbocycles. The number of methoxy groups -OCH3 is 1. The fourth-order valence-corrected chi connectivity index (χ4v) is 2.34. The summed E-state index contributed by atoms with van der Waals surface area (Å²) in [6, 6.07) is 22.7. The predicted octanol–water partition coefficient (Wildman–Crippen LogP) is 5.23. The second-order valence-corrected chi connectivity index (χ2v) is 6.11. The largest absolute Gasteiger partial charge is 0.504 e. The highest BCUT2D eigenvalue weighted by atomic mass is 79.9. The Hall–Kier alpha value is -3.03. The Morgan fingerprint density at radius 2 is 1.58 bits per heavy atom. The van der Waals surface area contributed by atoms with Crippen molar-refractivity contribution < 1.29 is 14.6 Å². The molecular weight excluding hydrogens is 392 g/mol. The summed E-state index contributed by atoms with van der Waals surface area (Å²) in [5.74, 6) is 5.39. The zero-order valence-electron chi connectivity index (χ0n) is 14.1. The normalized spacial score (nSPS) is 9.77. The van der Waals surface area contributed by atoms with E-state index in [0.717, 1.165) is 27.9 Å². The minimum atomic E-state index is -0.998. The second-order valence-electron chi connectivity index (χ2n) is 5.20. The lowest BCUT2D eigenvalue weighted by molar-refractivity contribution is -0.131. The monoisotopic (exact) mass is 408 g/mol. The van der Waals surface area contributed by atoms with Gasteiger partial charge in [0, 0.05) is 15.6 Å². The molecule has 0 aliphatic rings. The Balaban J connectivity index is 0.000000298. The number of hydrogen-bond acceptors (Lipinski definition) is 2. The van der Waals surface area contributed by atoms with E-state index in [-0.39, 0.29) is 0 Å². The smallest absolute Gasteiger partial charge is 0.331 e. The number of carboxylic acids is 1. The highest BCUT2D eigenvalue weighted by Gasteiger charge is 1.93. The van der Waals surface area contributed by atoms with Crippen molar-refractivity contribution in [2.45, 2.75) is 0 Å². The number of rotatable bonds is 2. The van der Waals surface area contributed by atoms with Gasteiger partial charge in [0.2, 0.25) is 0 Å². The first-order chi connectivity index (χ1) is 12.6. The van der Waals surface area contributed by atoms with Gasteiger partial charge in [-0.1, -0.05) is 58.1 Å². The molecule has 0 heterocycles. The van der Waals surface area contributed by atoms with Gasteiger partial charge in [0.25, 0.3) is 0 Å². The lowest BCUT2D eigenvalue weighted by Gasteiger charge is -1.97. The van der Waals surface area contributed by atoms with E-state index in [1.165, 1.54) is 17.9 Å². The molecule has 1 N–H and O–H groups in total. The molecule has 0 aliphatic heterocycles. The van der Waals surface area contributed by atoms with Crippen molar-refractivity contribution >= 4 is 32.7 Å². The summed E-state index contributed by atoms with van der Waals surface area (Å²) < 4.78 is 5.36. The molecule has 26 heavy (non-hydrogen) atoms. The van der Waals surface area contributed by atoms with Crippen molar-refractivity contribution in [2.24, 2.45) is 0 Å². The average Bonchev–Trinajstić information content (AvgIpc) is 2.66. The van der Waals surface area contributed by atoms with Gasteiger partial charge in [-0.25, -0.2) is 4.79 Å². The first-order valence-electron chi connectivity index (χ1n) is 7.77. The maximum absolute atomic E-state index is 9.59. The van der Waals surface area contributed by atoms with Gasteiger partial charge in [0.05, 0.1) is 19.4 Å². The van der Waals surface area contributed by atoms with Crippen LogP contribution in [-0.4, -0.2) is 18.2 Å². The van der Waals surface area contributed by atoms with Gasteiger partial charge in [-0.05, 0) is 47.2 Å². The van der Waals surface area contributed by atoms with E-state index in [2.05, 4.69) is 68.9 Å². The fraction of sp³-hybridized carbons (Fsp3) is 0.0455. The quantitative estimate of drug-likeness (QED) is 0.358. The summed E-state index contributed by atoms with van der Waals surface area (Å²) in [5.41, 5.74) is 2.07. The first-order valence-corrected chi connectivity index (χ1v) is 8.56. The van der Waals surface area contributed by atoms with E-state index in [1.807, 2.05) is 30.3 Å². The molecule has 0 bridgehead atoms. The molecule has 0 amide bonds. The van der Waals surface area contributed by atoms with Gasteiger partial charge < -0.3 is 9.84 Å². The molecule has 3 aromatic carbocycles. The van der Waals surface area contributed by atoms with Gasteiger partial charge in [0.1, 0.15) is 0 Å². The molecule has 0 fully saturated rings. The van der Waals surface area contributed by atoms with Crippen LogP contribution < -0.4 is 0 Å². The minimum absolute atomic E-state index is 0.917. The van der Waals surface area contributed by atoms with Crippen LogP contribution in [-0.2, 0) is 9.53 Å². The van der Waals surface area contributed by atoms with Gasteiger partial charge in [-0.3, -0.25) is 0 Å². The van der Waals surface area contributed by atoms with E-state index in [4.69, 9.17) is 5.11 Å². The van der Waals surface area contributed by atoms with Crippen LogP contribution in [0, 0.1) is 11.8 Å². The summed E-state index contributed by atoms with van der Waals surface area (Å²) in [5, 5.41) is 10.4. The Bertz CT molecular complexity index is 964. The van der Waals surface area contributed by atoms with Crippen LogP contribution in [0.3, 0.4) is 0 Å². The molecule has 4 heteroatoms. The highest BCUT2D eigenvalue weighted by molar-refractivity contribution is 9.10. The Morgan fingerprint density at radius 1 is 0.962 bits per heavy atom. The van der Waals surface area contributed by atoms with Crippen molar-refractivity contribution in [3.05, 3.63) is 94.7 Å². The van der Waals surface area contributed by atoms with Gasteiger partial charge >= 0.3 is 5.97 Å². The molecule has 130 valence electrons. The SMILES string of the molecule is Brc1ccc(C#Cc2ccc3ccccc3c2)cc1.COC=CC(=O)O. The summed E-state index contributed by atoms with van der Waals surface area (Å²) in [4.78, 5) is 9.59.